The number of carbonyl (C=O) groups is 1. The Morgan fingerprint density at radius 2 is 1.89 bits per heavy atom. The van der Waals surface area contributed by atoms with E-state index in [1.165, 1.54) is 12.1 Å². The molecule has 0 bridgehead atoms. The van der Waals surface area contributed by atoms with Crippen molar-refractivity contribution in [2.75, 3.05) is 26.9 Å². The summed E-state index contributed by atoms with van der Waals surface area (Å²) < 4.78 is 10.8. The maximum Gasteiger partial charge on any atom is 0.273 e. The van der Waals surface area contributed by atoms with E-state index in [4.69, 9.17) is 9.47 Å². The van der Waals surface area contributed by atoms with Crippen LogP contribution in [0.15, 0.2) is 42.5 Å². The van der Waals surface area contributed by atoms with E-state index in [1.54, 1.807) is 20.1 Å². The number of ether oxygens (including phenoxy) is 2. The number of rotatable bonds is 6. The van der Waals surface area contributed by atoms with E-state index < -0.39 is 4.92 Å². The van der Waals surface area contributed by atoms with Crippen LogP contribution in [-0.4, -0.2) is 37.7 Å². The van der Waals surface area contributed by atoms with Gasteiger partial charge in [0, 0.05) is 42.4 Å². The third-order valence-corrected chi connectivity index (χ3v) is 5.49. The summed E-state index contributed by atoms with van der Waals surface area (Å²) in [5.74, 6) is 0.475. The van der Waals surface area contributed by atoms with Gasteiger partial charge in [0.05, 0.1) is 12.0 Å². The lowest BCUT2D eigenvalue weighted by atomic mass is 9.74. The van der Waals surface area contributed by atoms with Gasteiger partial charge in [-0.05, 0) is 43.5 Å². The second-order valence-electron chi connectivity index (χ2n) is 7.01. The molecule has 1 amide bonds. The normalized spacial score (nSPS) is 15.6. The summed E-state index contributed by atoms with van der Waals surface area (Å²) in [6.07, 6.45) is 1.57. The molecular weight excluding hydrogens is 360 g/mol. The second-order valence-corrected chi connectivity index (χ2v) is 7.01. The zero-order valence-corrected chi connectivity index (χ0v) is 16.1. The topological polar surface area (TPSA) is 90.7 Å². The average molecular weight is 384 g/mol. The number of carbonyl (C=O) groups excluding carboxylic acids is 1. The van der Waals surface area contributed by atoms with Crippen molar-refractivity contribution in [2.45, 2.75) is 25.2 Å². The number of methoxy groups -OCH3 is 1. The molecule has 0 aromatic heterocycles. The Balaban J connectivity index is 1.81. The zero-order chi connectivity index (χ0) is 20.1. The molecule has 1 fully saturated rings. The van der Waals surface area contributed by atoms with Crippen molar-refractivity contribution in [1.82, 2.24) is 5.32 Å². The molecule has 0 unspecified atom stereocenters. The molecule has 7 nitrogen and oxygen atoms in total. The SMILES string of the molecule is COc1ccc(C2(CNC(=O)c3cccc([N+](=O)[O-])c3C)CCOCC2)cc1. The largest absolute Gasteiger partial charge is 0.497 e. The summed E-state index contributed by atoms with van der Waals surface area (Å²) in [7, 11) is 1.63. The summed E-state index contributed by atoms with van der Waals surface area (Å²) >= 11 is 0. The number of benzene rings is 2. The van der Waals surface area contributed by atoms with Gasteiger partial charge in [0.2, 0.25) is 0 Å². The Kier molecular flexibility index (Phi) is 5.94. The van der Waals surface area contributed by atoms with Gasteiger partial charge in [0.1, 0.15) is 5.75 Å². The molecule has 0 radical (unpaired) electrons. The third kappa shape index (κ3) is 3.99. The van der Waals surface area contributed by atoms with Crippen LogP contribution in [0.5, 0.6) is 5.75 Å². The van der Waals surface area contributed by atoms with Gasteiger partial charge in [-0.1, -0.05) is 18.2 Å². The van der Waals surface area contributed by atoms with Crippen LogP contribution < -0.4 is 10.1 Å². The lowest BCUT2D eigenvalue weighted by molar-refractivity contribution is -0.385. The summed E-state index contributed by atoms with van der Waals surface area (Å²) in [4.78, 5) is 23.4. The Labute approximate surface area is 163 Å². The predicted octanol–water partition coefficient (Wildman–Crippen LogP) is 3.39. The molecule has 148 valence electrons. The van der Waals surface area contributed by atoms with Gasteiger partial charge in [0.15, 0.2) is 0 Å². The van der Waals surface area contributed by atoms with Gasteiger partial charge in [-0.25, -0.2) is 0 Å². The molecule has 0 atom stereocenters. The Morgan fingerprint density at radius 3 is 2.50 bits per heavy atom. The molecule has 1 heterocycles. The standard InChI is InChI=1S/C21H24N2O5/c1-15-18(4-3-5-19(15)23(25)26)20(24)22-14-21(10-12-28-13-11-21)16-6-8-17(27-2)9-7-16/h3-9H,10-14H2,1-2H3,(H,22,24). The third-order valence-electron chi connectivity index (χ3n) is 5.49. The molecule has 1 aliphatic heterocycles. The van der Waals surface area contributed by atoms with E-state index >= 15 is 0 Å². The van der Waals surface area contributed by atoms with Crippen molar-refractivity contribution in [3.8, 4) is 5.75 Å². The Bertz CT molecular complexity index is 858. The van der Waals surface area contributed by atoms with Crippen molar-refractivity contribution in [3.63, 3.8) is 0 Å². The van der Waals surface area contributed by atoms with Crippen LogP contribution in [0.2, 0.25) is 0 Å². The second kappa shape index (κ2) is 8.39. The van der Waals surface area contributed by atoms with Crippen molar-refractivity contribution in [1.29, 1.82) is 0 Å². The maximum absolute atomic E-state index is 12.8. The molecule has 3 rings (SSSR count). The van der Waals surface area contributed by atoms with E-state index in [-0.39, 0.29) is 17.0 Å². The van der Waals surface area contributed by atoms with Gasteiger partial charge in [-0.2, -0.15) is 0 Å². The van der Waals surface area contributed by atoms with E-state index in [1.807, 2.05) is 24.3 Å². The minimum absolute atomic E-state index is 0.0522. The van der Waals surface area contributed by atoms with E-state index in [2.05, 4.69) is 5.32 Å². The maximum atomic E-state index is 12.8. The Hall–Kier alpha value is -2.93. The van der Waals surface area contributed by atoms with Crippen LogP contribution in [0.4, 0.5) is 5.69 Å². The minimum atomic E-state index is -0.469. The molecule has 0 aliphatic carbocycles. The fourth-order valence-electron chi connectivity index (χ4n) is 3.69. The fraction of sp³-hybridized carbons (Fsp3) is 0.381. The first kappa shape index (κ1) is 19.8. The van der Waals surface area contributed by atoms with Crippen LogP contribution in [0.1, 0.15) is 34.3 Å². The van der Waals surface area contributed by atoms with Crippen LogP contribution in [0.3, 0.4) is 0 Å². The molecule has 2 aromatic carbocycles. The predicted molar refractivity (Wildman–Crippen MR) is 105 cm³/mol. The monoisotopic (exact) mass is 384 g/mol. The molecule has 1 N–H and O–H groups in total. The number of hydrogen-bond acceptors (Lipinski definition) is 5. The highest BCUT2D eigenvalue weighted by molar-refractivity contribution is 5.96. The molecule has 1 saturated heterocycles. The summed E-state index contributed by atoms with van der Waals surface area (Å²) in [6, 6.07) is 12.4. The quantitative estimate of drug-likeness (QED) is 0.609. The van der Waals surface area contributed by atoms with Gasteiger partial charge >= 0.3 is 0 Å². The smallest absolute Gasteiger partial charge is 0.273 e. The Morgan fingerprint density at radius 1 is 1.21 bits per heavy atom. The number of nitrogens with zero attached hydrogens (tertiary/aromatic N) is 1. The van der Waals surface area contributed by atoms with Crippen molar-refractivity contribution in [3.05, 3.63) is 69.3 Å². The van der Waals surface area contributed by atoms with Crippen molar-refractivity contribution >= 4 is 11.6 Å². The fourth-order valence-corrected chi connectivity index (χ4v) is 3.69. The van der Waals surface area contributed by atoms with Crippen LogP contribution in [0.25, 0.3) is 0 Å². The number of nitro benzene ring substituents is 1. The highest BCUT2D eigenvalue weighted by Gasteiger charge is 2.35. The first-order valence-electron chi connectivity index (χ1n) is 9.21. The van der Waals surface area contributed by atoms with Crippen LogP contribution in [-0.2, 0) is 10.2 Å². The van der Waals surface area contributed by atoms with Gasteiger partial charge in [-0.3, -0.25) is 14.9 Å². The minimum Gasteiger partial charge on any atom is -0.497 e. The summed E-state index contributed by atoms with van der Waals surface area (Å²) in [5.41, 5.74) is 1.52. The molecule has 0 saturated carbocycles. The average Bonchev–Trinajstić information content (AvgIpc) is 2.72. The van der Waals surface area contributed by atoms with E-state index in [9.17, 15) is 14.9 Å². The molecule has 7 heteroatoms. The zero-order valence-electron chi connectivity index (χ0n) is 16.1. The molecule has 0 spiro atoms. The number of amides is 1. The lowest BCUT2D eigenvalue weighted by Crippen LogP contribution is -2.44. The molecule has 28 heavy (non-hydrogen) atoms. The molecular formula is C21H24N2O5. The van der Waals surface area contributed by atoms with Crippen LogP contribution >= 0.6 is 0 Å². The molecule has 1 aliphatic rings. The first-order valence-corrected chi connectivity index (χ1v) is 9.21. The molecule has 2 aromatic rings. The van der Waals surface area contributed by atoms with Gasteiger partial charge < -0.3 is 14.8 Å². The van der Waals surface area contributed by atoms with Crippen molar-refractivity contribution < 1.29 is 19.2 Å². The van der Waals surface area contributed by atoms with Gasteiger partial charge in [0.25, 0.3) is 11.6 Å². The van der Waals surface area contributed by atoms with E-state index in [0.717, 1.165) is 24.2 Å². The lowest BCUT2D eigenvalue weighted by Gasteiger charge is -2.38. The first-order chi connectivity index (χ1) is 13.5. The number of hydrogen-bond donors (Lipinski definition) is 1. The highest BCUT2D eigenvalue weighted by atomic mass is 16.6. The summed E-state index contributed by atoms with van der Waals surface area (Å²) in [5, 5.41) is 14.1. The van der Waals surface area contributed by atoms with Crippen molar-refractivity contribution in [2.24, 2.45) is 0 Å². The number of nitro groups is 1. The van der Waals surface area contributed by atoms with Gasteiger partial charge in [-0.15, -0.1) is 0 Å². The highest BCUT2D eigenvalue weighted by Crippen LogP contribution is 2.35. The number of nitrogens with one attached hydrogen (secondary N) is 1. The van der Waals surface area contributed by atoms with E-state index in [0.29, 0.717) is 30.9 Å². The van der Waals surface area contributed by atoms with Crippen LogP contribution in [0, 0.1) is 17.0 Å². The summed E-state index contributed by atoms with van der Waals surface area (Å²) in [6.45, 7) is 3.28.